The highest BCUT2D eigenvalue weighted by molar-refractivity contribution is 5.91. The number of hydrogen-bond donors (Lipinski definition) is 2. The molecule has 0 aromatic heterocycles. The number of likely N-dealkylation sites (tertiary alicyclic amines) is 1. The summed E-state index contributed by atoms with van der Waals surface area (Å²) in [6.07, 6.45) is 0. The van der Waals surface area contributed by atoms with Gasteiger partial charge in [-0.3, -0.25) is 0 Å². The van der Waals surface area contributed by atoms with Gasteiger partial charge in [-0.2, -0.15) is 0 Å². The Labute approximate surface area is 148 Å². The Morgan fingerprint density at radius 2 is 1.72 bits per heavy atom. The van der Waals surface area contributed by atoms with E-state index in [1.54, 1.807) is 0 Å². The number of hydrogen-bond acceptors (Lipinski definition) is 3. The SMILES string of the molecule is O=C(Nc1ccccc1OCc1ccccc1)N1C[C@H]2CNC[C@H]2C1. The molecular weight excluding hydrogens is 314 g/mol. The van der Waals surface area contributed by atoms with E-state index in [1.807, 2.05) is 59.5 Å². The second-order valence-corrected chi connectivity index (χ2v) is 6.78. The molecule has 0 radical (unpaired) electrons. The van der Waals surface area contributed by atoms with Crippen LogP contribution in [0.25, 0.3) is 0 Å². The van der Waals surface area contributed by atoms with E-state index in [9.17, 15) is 4.79 Å². The van der Waals surface area contributed by atoms with Crippen molar-refractivity contribution in [3.05, 3.63) is 60.2 Å². The Morgan fingerprint density at radius 1 is 1.04 bits per heavy atom. The van der Waals surface area contributed by atoms with Gasteiger partial charge in [0.05, 0.1) is 5.69 Å². The summed E-state index contributed by atoms with van der Waals surface area (Å²) in [5, 5.41) is 6.42. The summed E-state index contributed by atoms with van der Waals surface area (Å²) in [5.41, 5.74) is 1.82. The zero-order chi connectivity index (χ0) is 17.1. The third kappa shape index (κ3) is 3.61. The number of para-hydroxylation sites is 2. The number of nitrogens with one attached hydrogen (secondary N) is 2. The standard InChI is InChI=1S/C20H23N3O2/c24-20(23-12-16-10-21-11-17(16)13-23)22-18-8-4-5-9-19(18)25-14-15-6-2-1-3-7-15/h1-9,16-17,21H,10-14H2,(H,22,24)/t16-,17+. The van der Waals surface area contributed by atoms with Crippen LogP contribution in [-0.2, 0) is 6.61 Å². The minimum atomic E-state index is -0.0369. The van der Waals surface area contributed by atoms with Crippen molar-refractivity contribution in [2.45, 2.75) is 6.61 Å². The summed E-state index contributed by atoms with van der Waals surface area (Å²) in [4.78, 5) is 14.5. The molecule has 2 heterocycles. The molecular formula is C20H23N3O2. The van der Waals surface area contributed by atoms with Crippen molar-refractivity contribution in [3.8, 4) is 5.75 Å². The molecule has 4 rings (SSSR count). The van der Waals surface area contributed by atoms with Crippen LogP contribution < -0.4 is 15.4 Å². The van der Waals surface area contributed by atoms with Gasteiger partial charge in [0, 0.05) is 26.2 Å². The molecule has 2 saturated heterocycles. The fraction of sp³-hybridized carbons (Fsp3) is 0.350. The number of carbonyl (C=O) groups is 1. The van der Waals surface area contributed by atoms with Crippen molar-refractivity contribution in [2.24, 2.45) is 11.8 Å². The topological polar surface area (TPSA) is 53.6 Å². The van der Waals surface area contributed by atoms with Crippen molar-refractivity contribution < 1.29 is 9.53 Å². The molecule has 2 N–H and O–H groups in total. The van der Waals surface area contributed by atoms with Gasteiger partial charge in [0.1, 0.15) is 12.4 Å². The number of ether oxygens (including phenoxy) is 1. The first kappa shape index (κ1) is 16.0. The number of amides is 2. The summed E-state index contributed by atoms with van der Waals surface area (Å²) in [7, 11) is 0. The third-order valence-electron chi connectivity index (χ3n) is 5.04. The molecule has 2 fully saturated rings. The monoisotopic (exact) mass is 337 g/mol. The molecule has 0 bridgehead atoms. The van der Waals surface area contributed by atoms with Gasteiger partial charge in [-0.15, -0.1) is 0 Å². The zero-order valence-electron chi connectivity index (χ0n) is 14.2. The number of nitrogens with zero attached hydrogens (tertiary/aromatic N) is 1. The average molecular weight is 337 g/mol. The summed E-state index contributed by atoms with van der Waals surface area (Å²) >= 11 is 0. The third-order valence-corrected chi connectivity index (χ3v) is 5.04. The van der Waals surface area contributed by atoms with Gasteiger partial charge in [-0.1, -0.05) is 42.5 Å². The molecule has 0 aliphatic carbocycles. The lowest BCUT2D eigenvalue weighted by Crippen LogP contribution is -2.35. The average Bonchev–Trinajstić information content (AvgIpc) is 3.24. The van der Waals surface area contributed by atoms with Crippen LogP contribution in [0.5, 0.6) is 5.75 Å². The highest BCUT2D eigenvalue weighted by Crippen LogP contribution is 2.29. The number of rotatable bonds is 4. The Balaban J connectivity index is 1.39. The van der Waals surface area contributed by atoms with E-state index in [0.29, 0.717) is 24.2 Å². The number of benzene rings is 2. The molecule has 2 aromatic carbocycles. The van der Waals surface area contributed by atoms with Gasteiger partial charge >= 0.3 is 6.03 Å². The highest BCUT2D eigenvalue weighted by atomic mass is 16.5. The Kier molecular flexibility index (Phi) is 4.57. The van der Waals surface area contributed by atoms with E-state index in [2.05, 4.69) is 10.6 Å². The van der Waals surface area contributed by atoms with Crippen LogP contribution in [0.2, 0.25) is 0 Å². The first-order valence-electron chi connectivity index (χ1n) is 8.82. The van der Waals surface area contributed by atoms with Crippen LogP contribution in [0.1, 0.15) is 5.56 Å². The predicted molar refractivity (Wildman–Crippen MR) is 97.7 cm³/mol. The van der Waals surface area contributed by atoms with Crippen molar-refractivity contribution in [2.75, 3.05) is 31.5 Å². The second kappa shape index (κ2) is 7.15. The molecule has 2 amide bonds. The number of carbonyl (C=O) groups excluding carboxylic acids is 1. The maximum absolute atomic E-state index is 12.6. The van der Waals surface area contributed by atoms with Crippen molar-refractivity contribution >= 4 is 11.7 Å². The second-order valence-electron chi connectivity index (χ2n) is 6.78. The Bertz CT molecular complexity index is 723. The van der Waals surface area contributed by atoms with Gasteiger partial charge in [0.25, 0.3) is 0 Å². The minimum absolute atomic E-state index is 0.0369. The minimum Gasteiger partial charge on any atom is -0.487 e. The quantitative estimate of drug-likeness (QED) is 0.902. The number of fused-ring (bicyclic) bond motifs is 1. The van der Waals surface area contributed by atoms with E-state index < -0.39 is 0 Å². The molecule has 0 unspecified atom stereocenters. The molecule has 130 valence electrons. The molecule has 0 spiro atoms. The van der Waals surface area contributed by atoms with Gasteiger partial charge in [-0.25, -0.2) is 4.79 Å². The smallest absolute Gasteiger partial charge is 0.321 e. The van der Waals surface area contributed by atoms with E-state index in [0.717, 1.165) is 37.4 Å². The van der Waals surface area contributed by atoms with Crippen LogP contribution >= 0.6 is 0 Å². The maximum atomic E-state index is 12.6. The van der Waals surface area contributed by atoms with Crippen LogP contribution in [0.4, 0.5) is 10.5 Å². The molecule has 2 aliphatic heterocycles. The Morgan fingerprint density at radius 3 is 2.48 bits per heavy atom. The maximum Gasteiger partial charge on any atom is 0.321 e. The largest absolute Gasteiger partial charge is 0.487 e. The highest BCUT2D eigenvalue weighted by Gasteiger charge is 2.38. The van der Waals surface area contributed by atoms with Crippen molar-refractivity contribution in [3.63, 3.8) is 0 Å². The van der Waals surface area contributed by atoms with E-state index >= 15 is 0 Å². The molecule has 2 atom stereocenters. The lowest BCUT2D eigenvalue weighted by atomic mass is 10.0. The number of anilines is 1. The number of urea groups is 1. The van der Waals surface area contributed by atoms with Crippen LogP contribution in [0, 0.1) is 11.8 Å². The molecule has 5 nitrogen and oxygen atoms in total. The molecule has 2 aromatic rings. The first-order valence-corrected chi connectivity index (χ1v) is 8.82. The predicted octanol–water partition coefficient (Wildman–Crippen LogP) is 2.95. The first-order chi connectivity index (χ1) is 12.3. The molecule has 0 saturated carbocycles. The van der Waals surface area contributed by atoms with Crippen molar-refractivity contribution in [1.82, 2.24) is 10.2 Å². The zero-order valence-corrected chi connectivity index (χ0v) is 14.2. The van der Waals surface area contributed by atoms with Crippen molar-refractivity contribution in [1.29, 1.82) is 0 Å². The van der Waals surface area contributed by atoms with Gasteiger partial charge in [0.2, 0.25) is 0 Å². The normalized spacial score (nSPS) is 21.8. The molecule has 25 heavy (non-hydrogen) atoms. The van der Waals surface area contributed by atoms with Crippen LogP contribution in [0.3, 0.4) is 0 Å². The lowest BCUT2D eigenvalue weighted by Gasteiger charge is -2.19. The van der Waals surface area contributed by atoms with Gasteiger partial charge in [0.15, 0.2) is 0 Å². The van der Waals surface area contributed by atoms with Gasteiger partial charge in [-0.05, 0) is 29.5 Å². The van der Waals surface area contributed by atoms with E-state index in [1.165, 1.54) is 0 Å². The van der Waals surface area contributed by atoms with E-state index in [4.69, 9.17) is 4.74 Å². The molecule has 5 heteroatoms. The lowest BCUT2D eigenvalue weighted by molar-refractivity contribution is 0.219. The van der Waals surface area contributed by atoms with Crippen LogP contribution in [-0.4, -0.2) is 37.1 Å². The molecule has 2 aliphatic rings. The summed E-state index contributed by atoms with van der Waals surface area (Å²) in [5.74, 6) is 1.88. The fourth-order valence-corrected chi connectivity index (χ4v) is 3.65. The van der Waals surface area contributed by atoms with Crippen LogP contribution in [0.15, 0.2) is 54.6 Å². The van der Waals surface area contributed by atoms with Gasteiger partial charge < -0.3 is 20.3 Å². The Hall–Kier alpha value is -2.53. The fourth-order valence-electron chi connectivity index (χ4n) is 3.65. The summed E-state index contributed by atoms with van der Waals surface area (Å²) < 4.78 is 5.92. The van der Waals surface area contributed by atoms with E-state index in [-0.39, 0.29) is 6.03 Å². The summed E-state index contributed by atoms with van der Waals surface area (Å²) in [6.45, 7) is 4.18. The summed E-state index contributed by atoms with van der Waals surface area (Å²) in [6, 6.07) is 17.6.